The maximum atomic E-state index is 12.3. The Kier molecular flexibility index (Phi) is 4.60. The summed E-state index contributed by atoms with van der Waals surface area (Å²) in [4.78, 5) is 19.5. The van der Waals surface area contributed by atoms with Crippen LogP contribution < -0.4 is 10.2 Å². The highest BCUT2D eigenvalue weighted by Crippen LogP contribution is 2.29. The fourth-order valence-corrected chi connectivity index (χ4v) is 4.25. The van der Waals surface area contributed by atoms with E-state index in [-0.39, 0.29) is 5.91 Å². The zero-order valence-electron chi connectivity index (χ0n) is 15.1. The van der Waals surface area contributed by atoms with Gasteiger partial charge < -0.3 is 10.2 Å². The Labute approximate surface area is 149 Å². The fraction of sp³-hybridized carbons (Fsp3) is 0.524. The van der Waals surface area contributed by atoms with Crippen LogP contribution in [-0.4, -0.2) is 24.0 Å². The molecular formula is C21H27N3O. The van der Waals surface area contributed by atoms with Crippen LogP contribution in [0.1, 0.15) is 50.5 Å². The number of aryl methyl sites for hydroxylation is 1. The number of nitrogens with zero attached hydrogens (tertiary/aromatic N) is 2. The Balaban J connectivity index is 1.52. The van der Waals surface area contributed by atoms with Gasteiger partial charge in [-0.25, -0.2) is 4.98 Å². The monoisotopic (exact) mass is 337 g/mol. The second kappa shape index (κ2) is 7.03. The first-order valence-corrected chi connectivity index (χ1v) is 9.65. The maximum absolute atomic E-state index is 12.3. The lowest BCUT2D eigenvalue weighted by atomic mass is 10.0. The molecule has 4 nitrogen and oxygen atoms in total. The number of amides is 1. The molecule has 2 aliphatic rings. The SMILES string of the molecule is Cc1cc(N2CCCC2)nc2ccc(NC(=O)CC3CCCC3)cc12. The van der Waals surface area contributed by atoms with Crippen molar-refractivity contribution in [1.29, 1.82) is 0 Å². The summed E-state index contributed by atoms with van der Waals surface area (Å²) in [6, 6.07) is 8.26. The zero-order chi connectivity index (χ0) is 17.2. The predicted octanol–water partition coefficient (Wildman–Crippen LogP) is 4.66. The van der Waals surface area contributed by atoms with Crippen molar-refractivity contribution in [3.8, 4) is 0 Å². The third kappa shape index (κ3) is 3.63. The van der Waals surface area contributed by atoms with Gasteiger partial charge in [0, 0.05) is 30.6 Å². The summed E-state index contributed by atoms with van der Waals surface area (Å²) >= 11 is 0. The summed E-state index contributed by atoms with van der Waals surface area (Å²) in [6.45, 7) is 4.34. The minimum atomic E-state index is 0.144. The van der Waals surface area contributed by atoms with Gasteiger partial charge in [0.05, 0.1) is 5.52 Å². The first-order chi connectivity index (χ1) is 12.2. The van der Waals surface area contributed by atoms with E-state index in [0.29, 0.717) is 12.3 Å². The van der Waals surface area contributed by atoms with Crippen molar-refractivity contribution in [3.63, 3.8) is 0 Å². The van der Waals surface area contributed by atoms with Gasteiger partial charge in [0.1, 0.15) is 5.82 Å². The lowest BCUT2D eigenvalue weighted by Gasteiger charge is -2.18. The largest absolute Gasteiger partial charge is 0.357 e. The van der Waals surface area contributed by atoms with Gasteiger partial charge in [-0.3, -0.25) is 4.79 Å². The second-order valence-corrected chi connectivity index (χ2v) is 7.63. The summed E-state index contributed by atoms with van der Waals surface area (Å²) in [6.07, 6.45) is 8.12. The van der Waals surface area contributed by atoms with Crippen molar-refractivity contribution in [3.05, 3.63) is 29.8 Å². The van der Waals surface area contributed by atoms with Gasteiger partial charge in [-0.05, 0) is 68.4 Å². The number of pyridine rings is 1. The van der Waals surface area contributed by atoms with Gasteiger partial charge in [0.15, 0.2) is 0 Å². The molecule has 0 radical (unpaired) electrons. The smallest absolute Gasteiger partial charge is 0.224 e. The molecule has 1 N–H and O–H groups in total. The Morgan fingerprint density at radius 3 is 2.68 bits per heavy atom. The van der Waals surface area contributed by atoms with E-state index >= 15 is 0 Å². The summed E-state index contributed by atoms with van der Waals surface area (Å²) in [5, 5.41) is 4.21. The first kappa shape index (κ1) is 16.4. The van der Waals surface area contributed by atoms with E-state index in [2.05, 4.69) is 29.3 Å². The number of carbonyl (C=O) groups excluding carboxylic acids is 1. The van der Waals surface area contributed by atoms with Gasteiger partial charge in [0.2, 0.25) is 5.91 Å². The Morgan fingerprint density at radius 1 is 1.16 bits per heavy atom. The highest BCUT2D eigenvalue weighted by atomic mass is 16.1. The van der Waals surface area contributed by atoms with Gasteiger partial charge in [-0.1, -0.05) is 12.8 Å². The van der Waals surface area contributed by atoms with Crippen LogP contribution in [0, 0.1) is 12.8 Å². The van der Waals surface area contributed by atoms with Crippen molar-refractivity contribution >= 4 is 28.3 Å². The van der Waals surface area contributed by atoms with E-state index in [9.17, 15) is 4.79 Å². The second-order valence-electron chi connectivity index (χ2n) is 7.63. The van der Waals surface area contributed by atoms with Crippen LogP contribution in [-0.2, 0) is 4.79 Å². The van der Waals surface area contributed by atoms with Gasteiger partial charge in [-0.15, -0.1) is 0 Å². The number of hydrogen-bond donors (Lipinski definition) is 1. The van der Waals surface area contributed by atoms with Gasteiger partial charge in [-0.2, -0.15) is 0 Å². The normalized spacial score (nSPS) is 18.2. The molecule has 4 rings (SSSR count). The highest BCUT2D eigenvalue weighted by Gasteiger charge is 2.19. The zero-order valence-corrected chi connectivity index (χ0v) is 15.1. The minimum Gasteiger partial charge on any atom is -0.357 e. The quantitative estimate of drug-likeness (QED) is 0.882. The predicted molar refractivity (Wildman–Crippen MR) is 103 cm³/mol. The number of carbonyl (C=O) groups is 1. The third-order valence-electron chi connectivity index (χ3n) is 5.66. The molecule has 1 amide bonds. The van der Waals surface area contributed by atoms with E-state index in [1.165, 1.54) is 44.1 Å². The van der Waals surface area contributed by atoms with Crippen molar-refractivity contribution in [1.82, 2.24) is 4.98 Å². The molecule has 2 heterocycles. The van der Waals surface area contributed by atoms with Crippen LogP contribution in [0.15, 0.2) is 24.3 Å². The molecule has 1 aliphatic carbocycles. The van der Waals surface area contributed by atoms with Crippen molar-refractivity contribution < 1.29 is 4.79 Å². The summed E-state index contributed by atoms with van der Waals surface area (Å²) < 4.78 is 0. The number of aromatic nitrogens is 1. The molecule has 132 valence electrons. The van der Waals surface area contributed by atoms with Crippen LogP contribution in [0.5, 0.6) is 0 Å². The molecule has 2 fully saturated rings. The summed E-state index contributed by atoms with van der Waals surface area (Å²) in [5.41, 5.74) is 3.11. The molecule has 4 heteroatoms. The van der Waals surface area contributed by atoms with E-state index in [1.54, 1.807) is 0 Å². The number of hydrogen-bond acceptors (Lipinski definition) is 3. The number of fused-ring (bicyclic) bond motifs is 1. The number of nitrogens with one attached hydrogen (secondary N) is 1. The van der Waals surface area contributed by atoms with Gasteiger partial charge >= 0.3 is 0 Å². The lowest BCUT2D eigenvalue weighted by Crippen LogP contribution is -2.19. The Morgan fingerprint density at radius 2 is 1.92 bits per heavy atom. The highest BCUT2D eigenvalue weighted by molar-refractivity contribution is 5.94. The van der Waals surface area contributed by atoms with Crippen LogP contribution in [0.3, 0.4) is 0 Å². The van der Waals surface area contributed by atoms with Crippen molar-refractivity contribution in [2.75, 3.05) is 23.3 Å². The van der Waals surface area contributed by atoms with Crippen LogP contribution in [0.4, 0.5) is 11.5 Å². The van der Waals surface area contributed by atoms with Crippen molar-refractivity contribution in [2.45, 2.75) is 51.9 Å². The minimum absolute atomic E-state index is 0.144. The van der Waals surface area contributed by atoms with Crippen LogP contribution in [0.2, 0.25) is 0 Å². The van der Waals surface area contributed by atoms with E-state index in [0.717, 1.165) is 35.5 Å². The molecule has 25 heavy (non-hydrogen) atoms. The molecule has 0 bridgehead atoms. The molecular weight excluding hydrogens is 310 g/mol. The molecule has 1 aromatic heterocycles. The first-order valence-electron chi connectivity index (χ1n) is 9.65. The average molecular weight is 337 g/mol. The van der Waals surface area contributed by atoms with E-state index in [4.69, 9.17) is 4.98 Å². The third-order valence-corrected chi connectivity index (χ3v) is 5.66. The molecule has 0 spiro atoms. The Bertz CT molecular complexity index is 774. The molecule has 1 saturated heterocycles. The topological polar surface area (TPSA) is 45.2 Å². The Hall–Kier alpha value is -2.10. The standard InChI is InChI=1S/C21H27N3O/c1-15-12-20(24-10-4-5-11-24)23-19-9-8-17(14-18(15)19)22-21(25)13-16-6-2-3-7-16/h8-9,12,14,16H,2-7,10-11,13H2,1H3,(H,22,25). The molecule has 0 atom stereocenters. The molecule has 1 aromatic carbocycles. The summed E-state index contributed by atoms with van der Waals surface area (Å²) in [5.74, 6) is 1.80. The molecule has 1 saturated carbocycles. The fourth-order valence-electron chi connectivity index (χ4n) is 4.25. The van der Waals surface area contributed by atoms with E-state index in [1.807, 2.05) is 12.1 Å². The molecule has 0 unspecified atom stereocenters. The maximum Gasteiger partial charge on any atom is 0.224 e. The summed E-state index contributed by atoms with van der Waals surface area (Å²) in [7, 11) is 0. The van der Waals surface area contributed by atoms with Crippen molar-refractivity contribution in [2.24, 2.45) is 5.92 Å². The van der Waals surface area contributed by atoms with Crippen LogP contribution >= 0.6 is 0 Å². The number of anilines is 2. The molecule has 1 aliphatic heterocycles. The van der Waals surface area contributed by atoms with Crippen LogP contribution in [0.25, 0.3) is 10.9 Å². The lowest BCUT2D eigenvalue weighted by molar-refractivity contribution is -0.117. The van der Waals surface area contributed by atoms with E-state index < -0.39 is 0 Å². The number of rotatable bonds is 4. The average Bonchev–Trinajstić information content (AvgIpc) is 3.28. The number of benzene rings is 1. The molecule has 2 aromatic rings. The van der Waals surface area contributed by atoms with Gasteiger partial charge in [0.25, 0.3) is 0 Å².